The molecular formula is C13H17Br2Cl2N3O. The van der Waals surface area contributed by atoms with E-state index in [4.69, 9.17) is 5.26 Å². The molecule has 1 atom stereocenters. The zero-order valence-electron chi connectivity index (χ0n) is 11.2. The molecule has 1 saturated heterocycles. The van der Waals surface area contributed by atoms with E-state index in [1.165, 1.54) is 0 Å². The Morgan fingerprint density at radius 1 is 1.29 bits per heavy atom. The molecule has 4 nitrogen and oxygen atoms in total. The van der Waals surface area contributed by atoms with E-state index in [-0.39, 0.29) is 36.6 Å². The predicted molar refractivity (Wildman–Crippen MR) is 95.4 cm³/mol. The fourth-order valence-corrected chi connectivity index (χ4v) is 3.61. The van der Waals surface area contributed by atoms with Crippen LogP contribution in [-0.4, -0.2) is 36.2 Å². The van der Waals surface area contributed by atoms with Crippen LogP contribution in [0.15, 0.2) is 21.1 Å². The standard InChI is InChI=1S/C13H15Br2N3O.2ClH/c14-9-7-10(13(19)11(15)8-9)12(1-2-16)18-5-3-17-4-6-18;;/h7-8,12,17,19H,1,3-6H2;2*1H/t12-;;/m1../s1. The molecule has 0 bridgehead atoms. The van der Waals surface area contributed by atoms with Crippen molar-refractivity contribution in [3.05, 3.63) is 26.6 Å². The zero-order chi connectivity index (χ0) is 13.8. The molecule has 0 saturated carbocycles. The van der Waals surface area contributed by atoms with Crippen LogP contribution in [0.25, 0.3) is 0 Å². The summed E-state index contributed by atoms with van der Waals surface area (Å²) < 4.78 is 1.54. The van der Waals surface area contributed by atoms with E-state index in [9.17, 15) is 5.11 Å². The van der Waals surface area contributed by atoms with Gasteiger partial charge < -0.3 is 10.4 Å². The molecule has 0 aliphatic carbocycles. The van der Waals surface area contributed by atoms with E-state index in [0.29, 0.717) is 10.9 Å². The Bertz CT molecular complexity index is 505. The van der Waals surface area contributed by atoms with Gasteiger partial charge in [0.1, 0.15) is 5.75 Å². The van der Waals surface area contributed by atoms with Crippen molar-refractivity contribution in [3.8, 4) is 11.8 Å². The molecule has 0 amide bonds. The first kappa shape index (κ1) is 21.0. The molecule has 2 N–H and O–H groups in total. The van der Waals surface area contributed by atoms with E-state index in [2.05, 4.69) is 48.1 Å². The number of hydrogen-bond acceptors (Lipinski definition) is 4. The van der Waals surface area contributed by atoms with Crippen LogP contribution in [0.2, 0.25) is 0 Å². The maximum absolute atomic E-state index is 10.2. The fraction of sp³-hybridized carbons (Fsp3) is 0.462. The Hall–Kier alpha value is -0.0300. The lowest BCUT2D eigenvalue weighted by Crippen LogP contribution is -2.45. The third-order valence-electron chi connectivity index (χ3n) is 3.29. The Labute approximate surface area is 154 Å². The number of benzene rings is 1. The molecule has 8 heteroatoms. The summed E-state index contributed by atoms with van der Waals surface area (Å²) in [6.07, 6.45) is 0.371. The highest BCUT2D eigenvalue weighted by Gasteiger charge is 2.25. The lowest BCUT2D eigenvalue weighted by Gasteiger charge is -2.34. The summed E-state index contributed by atoms with van der Waals surface area (Å²) in [6.45, 7) is 3.60. The highest BCUT2D eigenvalue weighted by molar-refractivity contribution is 9.11. The number of nitriles is 1. The van der Waals surface area contributed by atoms with Crippen molar-refractivity contribution in [3.63, 3.8) is 0 Å². The van der Waals surface area contributed by atoms with E-state index >= 15 is 0 Å². The van der Waals surface area contributed by atoms with Gasteiger partial charge in [-0.15, -0.1) is 24.8 Å². The molecule has 1 heterocycles. The minimum Gasteiger partial charge on any atom is -0.506 e. The van der Waals surface area contributed by atoms with Gasteiger partial charge in [-0.1, -0.05) is 15.9 Å². The second kappa shape index (κ2) is 9.88. The van der Waals surface area contributed by atoms with Crippen LogP contribution in [0.5, 0.6) is 5.75 Å². The zero-order valence-corrected chi connectivity index (χ0v) is 16.0. The number of phenols is 1. The second-order valence-electron chi connectivity index (χ2n) is 4.49. The lowest BCUT2D eigenvalue weighted by molar-refractivity contribution is 0.173. The van der Waals surface area contributed by atoms with Gasteiger partial charge in [-0.2, -0.15) is 5.26 Å². The summed E-state index contributed by atoms with van der Waals surface area (Å²) in [5.41, 5.74) is 0.796. The largest absolute Gasteiger partial charge is 0.506 e. The van der Waals surface area contributed by atoms with Crippen molar-refractivity contribution in [1.29, 1.82) is 5.26 Å². The first-order valence-corrected chi connectivity index (χ1v) is 7.71. The monoisotopic (exact) mass is 459 g/mol. The summed E-state index contributed by atoms with van der Waals surface area (Å²) in [7, 11) is 0. The van der Waals surface area contributed by atoms with Crippen LogP contribution < -0.4 is 5.32 Å². The smallest absolute Gasteiger partial charge is 0.134 e. The minimum absolute atomic E-state index is 0. The van der Waals surface area contributed by atoms with Gasteiger partial charge in [0.25, 0.3) is 0 Å². The number of aromatic hydroxyl groups is 1. The molecule has 2 rings (SSSR count). The summed E-state index contributed by atoms with van der Waals surface area (Å²) in [4.78, 5) is 2.24. The molecule has 0 spiro atoms. The van der Waals surface area contributed by atoms with Gasteiger partial charge in [-0.3, -0.25) is 4.90 Å². The molecule has 1 aromatic rings. The van der Waals surface area contributed by atoms with Crippen LogP contribution >= 0.6 is 56.7 Å². The lowest BCUT2D eigenvalue weighted by atomic mass is 10.0. The summed E-state index contributed by atoms with van der Waals surface area (Å²) in [5.74, 6) is 0.224. The topological polar surface area (TPSA) is 59.3 Å². The van der Waals surface area contributed by atoms with Gasteiger partial charge in [0.15, 0.2) is 0 Å². The average molecular weight is 462 g/mol. The van der Waals surface area contributed by atoms with Crippen molar-refractivity contribution in [2.75, 3.05) is 26.2 Å². The van der Waals surface area contributed by atoms with Gasteiger partial charge in [-0.25, -0.2) is 0 Å². The molecule has 0 radical (unpaired) electrons. The first-order chi connectivity index (χ1) is 9.13. The second-order valence-corrected chi connectivity index (χ2v) is 6.26. The maximum Gasteiger partial charge on any atom is 0.134 e. The molecule has 118 valence electrons. The molecule has 1 aromatic carbocycles. The van der Waals surface area contributed by atoms with E-state index < -0.39 is 0 Å². The van der Waals surface area contributed by atoms with Crippen molar-refractivity contribution in [1.82, 2.24) is 10.2 Å². The summed E-state index contributed by atoms with van der Waals surface area (Å²) in [6, 6.07) is 5.86. The molecule has 1 aliphatic rings. The number of phenolic OH excluding ortho intramolecular Hbond substituents is 1. The van der Waals surface area contributed by atoms with Crippen LogP contribution in [0.1, 0.15) is 18.0 Å². The molecule has 0 unspecified atom stereocenters. The third kappa shape index (κ3) is 5.27. The van der Waals surface area contributed by atoms with Gasteiger partial charge in [0, 0.05) is 36.2 Å². The average Bonchev–Trinajstić information content (AvgIpc) is 2.41. The molecule has 1 fully saturated rings. The molecule has 0 aromatic heterocycles. The Morgan fingerprint density at radius 3 is 2.48 bits per heavy atom. The van der Waals surface area contributed by atoms with Gasteiger partial charge >= 0.3 is 0 Å². The number of hydrogen-bond donors (Lipinski definition) is 2. The van der Waals surface area contributed by atoms with Gasteiger partial charge in [0.05, 0.1) is 23.0 Å². The molecule has 1 aliphatic heterocycles. The Morgan fingerprint density at radius 2 is 1.90 bits per heavy atom. The SMILES string of the molecule is Cl.Cl.N#CC[C@H](c1cc(Br)cc(Br)c1O)N1CCNCC1. The molecule has 21 heavy (non-hydrogen) atoms. The van der Waals surface area contributed by atoms with Gasteiger partial charge in [-0.05, 0) is 28.1 Å². The summed E-state index contributed by atoms with van der Waals surface area (Å²) in [5, 5.41) is 22.6. The van der Waals surface area contributed by atoms with Gasteiger partial charge in [0.2, 0.25) is 0 Å². The Balaban J connectivity index is 0.00000200. The minimum atomic E-state index is -0.0686. The predicted octanol–water partition coefficient (Wildman–Crippen LogP) is 3.62. The number of rotatable bonds is 3. The van der Waals surface area contributed by atoms with Crippen molar-refractivity contribution >= 4 is 56.7 Å². The van der Waals surface area contributed by atoms with Crippen molar-refractivity contribution in [2.45, 2.75) is 12.5 Å². The quantitative estimate of drug-likeness (QED) is 0.721. The number of nitrogens with one attached hydrogen (secondary N) is 1. The normalized spacial score (nSPS) is 16.2. The van der Waals surface area contributed by atoms with Crippen LogP contribution in [-0.2, 0) is 0 Å². The highest BCUT2D eigenvalue weighted by Crippen LogP contribution is 2.38. The maximum atomic E-state index is 10.2. The number of piperazine rings is 1. The van der Waals surface area contributed by atoms with Crippen LogP contribution in [0.4, 0.5) is 0 Å². The highest BCUT2D eigenvalue weighted by atomic mass is 79.9. The van der Waals surface area contributed by atoms with E-state index in [1.807, 2.05) is 6.07 Å². The first-order valence-electron chi connectivity index (χ1n) is 6.13. The fourth-order valence-electron chi connectivity index (χ4n) is 2.36. The van der Waals surface area contributed by atoms with Crippen LogP contribution in [0.3, 0.4) is 0 Å². The Kier molecular flexibility index (Phi) is 9.87. The van der Waals surface area contributed by atoms with Crippen LogP contribution in [0, 0.1) is 11.3 Å². The number of halogens is 4. The third-order valence-corrected chi connectivity index (χ3v) is 4.36. The van der Waals surface area contributed by atoms with E-state index in [0.717, 1.165) is 36.2 Å². The summed E-state index contributed by atoms with van der Waals surface area (Å²) >= 11 is 6.78. The van der Waals surface area contributed by atoms with Crippen molar-refractivity contribution in [2.24, 2.45) is 0 Å². The van der Waals surface area contributed by atoms with E-state index in [1.54, 1.807) is 6.07 Å². The van der Waals surface area contributed by atoms with Crippen molar-refractivity contribution < 1.29 is 5.11 Å². The number of nitrogens with zero attached hydrogens (tertiary/aromatic N) is 2. The molecular weight excluding hydrogens is 445 g/mol.